The second kappa shape index (κ2) is 8.18. The number of nitrogens with zero attached hydrogens (tertiary/aromatic N) is 4. The lowest BCUT2D eigenvalue weighted by atomic mass is 10.1. The maximum absolute atomic E-state index is 5.98. The van der Waals surface area contributed by atoms with Gasteiger partial charge < -0.3 is 14.0 Å². The van der Waals surface area contributed by atoms with E-state index < -0.39 is 0 Å². The molecule has 1 aliphatic rings. The average Bonchev–Trinajstić information content (AvgIpc) is 3.19. The molecule has 1 aromatic carbocycles. The molecule has 3 aromatic rings. The van der Waals surface area contributed by atoms with Gasteiger partial charge in [0.1, 0.15) is 17.6 Å². The number of benzene rings is 1. The molecule has 2 aromatic heterocycles. The van der Waals surface area contributed by atoms with Gasteiger partial charge in [0.25, 0.3) is 0 Å². The van der Waals surface area contributed by atoms with E-state index in [9.17, 15) is 0 Å². The number of pyridine rings is 1. The molecule has 1 fully saturated rings. The van der Waals surface area contributed by atoms with E-state index in [1.807, 2.05) is 36.4 Å². The average molecular weight is 366 g/mol. The fraction of sp³-hybridized carbons (Fsp3) is 0.350. The van der Waals surface area contributed by atoms with Crippen molar-refractivity contribution in [2.75, 3.05) is 20.2 Å². The van der Waals surface area contributed by atoms with Crippen LogP contribution >= 0.6 is 0 Å². The Morgan fingerprint density at radius 3 is 2.63 bits per heavy atom. The third-order valence-corrected chi connectivity index (χ3v) is 4.65. The van der Waals surface area contributed by atoms with Gasteiger partial charge in [-0.2, -0.15) is 4.98 Å². The molecule has 0 amide bonds. The first kappa shape index (κ1) is 17.5. The van der Waals surface area contributed by atoms with Gasteiger partial charge in [0, 0.05) is 24.8 Å². The van der Waals surface area contributed by atoms with E-state index >= 15 is 0 Å². The molecule has 0 N–H and O–H groups in total. The summed E-state index contributed by atoms with van der Waals surface area (Å²) >= 11 is 0. The fourth-order valence-corrected chi connectivity index (χ4v) is 3.16. The van der Waals surface area contributed by atoms with Crippen molar-refractivity contribution >= 4 is 0 Å². The van der Waals surface area contributed by atoms with Gasteiger partial charge in [0.15, 0.2) is 0 Å². The summed E-state index contributed by atoms with van der Waals surface area (Å²) in [6.07, 6.45) is 5.66. The largest absolute Gasteiger partial charge is 0.497 e. The van der Waals surface area contributed by atoms with Crippen molar-refractivity contribution in [1.82, 2.24) is 20.0 Å². The highest BCUT2D eigenvalue weighted by molar-refractivity contribution is 5.55. The third-order valence-electron chi connectivity index (χ3n) is 4.65. The van der Waals surface area contributed by atoms with Gasteiger partial charge in [0.05, 0.1) is 19.9 Å². The molecule has 4 rings (SSSR count). The summed E-state index contributed by atoms with van der Waals surface area (Å²) < 4.78 is 16.6. The van der Waals surface area contributed by atoms with Crippen LogP contribution in [0.1, 0.15) is 18.7 Å². The molecule has 3 heterocycles. The van der Waals surface area contributed by atoms with Gasteiger partial charge in [0.2, 0.25) is 11.7 Å². The molecular weight excluding hydrogens is 344 g/mol. The molecule has 1 aliphatic heterocycles. The second-order valence-electron chi connectivity index (χ2n) is 6.52. The Balaban J connectivity index is 1.30. The zero-order valence-corrected chi connectivity index (χ0v) is 15.2. The first-order valence-corrected chi connectivity index (χ1v) is 9.06. The molecule has 0 spiro atoms. The van der Waals surface area contributed by atoms with Crippen LogP contribution < -0.4 is 9.47 Å². The maximum atomic E-state index is 5.98. The minimum atomic E-state index is 0.225. The van der Waals surface area contributed by atoms with Crippen LogP contribution in [0.15, 0.2) is 53.3 Å². The maximum Gasteiger partial charge on any atom is 0.241 e. The normalized spacial score (nSPS) is 15.6. The quantitative estimate of drug-likeness (QED) is 0.663. The van der Waals surface area contributed by atoms with Gasteiger partial charge in [-0.25, -0.2) is 0 Å². The van der Waals surface area contributed by atoms with E-state index in [-0.39, 0.29) is 6.10 Å². The van der Waals surface area contributed by atoms with Crippen LogP contribution in [0.5, 0.6) is 11.5 Å². The van der Waals surface area contributed by atoms with Crippen molar-refractivity contribution in [1.29, 1.82) is 0 Å². The summed E-state index contributed by atoms with van der Waals surface area (Å²) in [7, 11) is 1.65. The Labute approximate surface area is 157 Å². The standard InChI is InChI=1S/C20H22N4O3/c1-25-16-6-4-15(5-7-16)20-22-19(27-23-20)14-24-11-8-17(9-12-24)26-18-3-2-10-21-13-18/h2-7,10,13,17H,8-9,11-12,14H2,1H3. The molecule has 27 heavy (non-hydrogen) atoms. The summed E-state index contributed by atoms with van der Waals surface area (Å²) in [5.74, 6) is 2.87. The predicted molar refractivity (Wildman–Crippen MR) is 99.5 cm³/mol. The number of methoxy groups -OCH3 is 1. The van der Waals surface area contributed by atoms with Crippen molar-refractivity contribution < 1.29 is 14.0 Å². The van der Waals surface area contributed by atoms with Crippen LogP contribution in [0.2, 0.25) is 0 Å². The van der Waals surface area contributed by atoms with Gasteiger partial charge in [-0.3, -0.25) is 9.88 Å². The first-order chi connectivity index (χ1) is 13.3. The van der Waals surface area contributed by atoms with Crippen LogP contribution in [-0.2, 0) is 6.54 Å². The number of piperidine rings is 1. The highest BCUT2D eigenvalue weighted by atomic mass is 16.5. The molecule has 1 saturated heterocycles. The molecule has 0 aliphatic carbocycles. The van der Waals surface area contributed by atoms with Crippen LogP contribution in [-0.4, -0.2) is 46.3 Å². The summed E-state index contributed by atoms with van der Waals surface area (Å²) in [5, 5.41) is 4.09. The number of hydrogen-bond acceptors (Lipinski definition) is 7. The topological polar surface area (TPSA) is 73.5 Å². The van der Waals surface area contributed by atoms with Gasteiger partial charge in [-0.05, 0) is 49.2 Å². The first-order valence-electron chi connectivity index (χ1n) is 9.06. The van der Waals surface area contributed by atoms with E-state index in [1.165, 1.54) is 0 Å². The Hall–Kier alpha value is -2.93. The summed E-state index contributed by atoms with van der Waals surface area (Å²) in [6.45, 7) is 2.53. The van der Waals surface area contributed by atoms with Crippen LogP contribution in [0.3, 0.4) is 0 Å². The Kier molecular flexibility index (Phi) is 5.29. The minimum absolute atomic E-state index is 0.225. The number of likely N-dealkylation sites (tertiary alicyclic amines) is 1. The van der Waals surface area contributed by atoms with Crippen LogP contribution in [0.4, 0.5) is 0 Å². The lowest BCUT2D eigenvalue weighted by Crippen LogP contribution is -2.37. The van der Waals surface area contributed by atoms with Crippen LogP contribution in [0, 0.1) is 0 Å². The second-order valence-corrected chi connectivity index (χ2v) is 6.52. The van der Waals surface area contributed by atoms with Crippen molar-refractivity contribution in [3.05, 3.63) is 54.7 Å². The minimum Gasteiger partial charge on any atom is -0.497 e. The van der Waals surface area contributed by atoms with E-state index in [1.54, 1.807) is 19.5 Å². The van der Waals surface area contributed by atoms with Crippen molar-refractivity contribution in [2.24, 2.45) is 0 Å². The number of aromatic nitrogens is 3. The van der Waals surface area contributed by atoms with Gasteiger partial charge in [-0.1, -0.05) is 5.16 Å². The zero-order valence-electron chi connectivity index (χ0n) is 15.2. The summed E-state index contributed by atoms with van der Waals surface area (Å²) in [5.41, 5.74) is 0.911. The zero-order chi connectivity index (χ0) is 18.5. The lowest BCUT2D eigenvalue weighted by molar-refractivity contribution is 0.0901. The van der Waals surface area contributed by atoms with E-state index in [0.717, 1.165) is 43.0 Å². The molecule has 140 valence electrons. The molecule has 7 nitrogen and oxygen atoms in total. The monoisotopic (exact) mass is 366 g/mol. The number of ether oxygens (including phenoxy) is 2. The molecule has 7 heteroatoms. The van der Waals surface area contributed by atoms with Crippen molar-refractivity contribution in [3.8, 4) is 22.9 Å². The van der Waals surface area contributed by atoms with Gasteiger partial charge in [-0.15, -0.1) is 0 Å². The van der Waals surface area contributed by atoms with E-state index in [2.05, 4.69) is 20.0 Å². The van der Waals surface area contributed by atoms with E-state index in [4.69, 9.17) is 14.0 Å². The van der Waals surface area contributed by atoms with Crippen LogP contribution in [0.25, 0.3) is 11.4 Å². The van der Waals surface area contributed by atoms with Crippen molar-refractivity contribution in [2.45, 2.75) is 25.5 Å². The fourth-order valence-electron chi connectivity index (χ4n) is 3.16. The Bertz CT molecular complexity index is 843. The number of hydrogen-bond donors (Lipinski definition) is 0. The van der Waals surface area contributed by atoms with Crippen molar-refractivity contribution in [3.63, 3.8) is 0 Å². The molecule has 0 saturated carbocycles. The third kappa shape index (κ3) is 4.43. The number of rotatable bonds is 6. The Morgan fingerprint density at radius 1 is 1.11 bits per heavy atom. The smallest absolute Gasteiger partial charge is 0.241 e. The predicted octanol–water partition coefficient (Wildman–Crippen LogP) is 3.18. The molecular formula is C20H22N4O3. The highest BCUT2D eigenvalue weighted by Crippen LogP contribution is 2.22. The highest BCUT2D eigenvalue weighted by Gasteiger charge is 2.22. The lowest BCUT2D eigenvalue weighted by Gasteiger charge is -2.31. The Morgan fingerprint density at radius 2 is 1.93 bits per heavy atom. The SMILES string of the molecule is COc1ccc(-c2noc(CN3CCC(Oc4cccnc4)CC3)n2)cc1. The van der Waals surface area contributed by atoms with Gasteiger partial charge >= 0.3 is 0 Å². The van der Waals surface area contributed by atoms with E-state index in [0.29, 0.717) is 18.3 Å². The molecule has 0 unspecified atom stereocenters. The molecule has 0 atom stereocenters. The molecule has 0 radical (unpaired) electrons. The molecule has 0 bridgehead atoms. The summed E-state index contributed by atoms with van der Waals surface area (Å²) in [6, 6.07) is 11.5. The summed E-state index contributed by atoms with van der Waals surface area (Å²) in [4.78, 5) is 10.9.